The molecule has 0 saturated heterocycles. The number of nitrogens with zero attached hydrogens (tertiary/aromatic N) is 1. The van der Waals surface area contributed by atoms with Gasteiger partial charge in [0.25, 0.3) is 10.1 Å². The molecule has 0 aromatic rings. The Hall–Kier alpha value is 0.140. The van der Waals surface area contributed by atoms with Gasteiger partial charge in [-0.05, 0) is 11.8 Å². The van der Waals surface area contributed by atoms with Crippen molar-refractivity contribution in [3.05, 3.63) is 0 Å². The monoisotopic (exact) mass is 428 g/mol. The highest BCUT2D eigenvalue weighted by molar-refractivity contribution is 7.86. The summed E-state index contributed by atoms with van der Waals surface area (Å²) in [5, 5.41) is 10.8. The fraction of sp³-hybridized carbons (Fsp3) is 1.00. The van der Waals surface area contributed by atoms with E-state index in [1.807, 2.05) is 34.9 Å². The zero-order chi connectivity index (χ0) is 21.7. The van der Waals surface area contributed by atoms with Gasteiger partial charge in [-0.25, -0.2) is 0 Å². The first-order chi connectivity index (χ1) is 11.9. The third-order valence-corrected chi connectivity index (χ3v) is 6.90. The molecule has 0 aromatic carbocycles. The highest BCUT2D eigenvalue weighted by Gasteiger charge is 2.47. The summed E-state index contributed by atoms with van der Waals surface area (Å²) in [5.74, 6) is 0.00772. The Labute approximate surface area is 172 Å². The van der Waals surface area contributed by atoms with E-state index >= 15 is 0 Å². The van der Waals surface area contributed by atoms with Gasteiger partial charge in [-0.2, -0.15) is 21.0 Å². The van der Waals surface area contributed by atoms with E-state index in [0.717, 1.165) is 0 Å². The molecule has 0 aliphatic carbocycles. The summed E-state index contributed by atoms with van der Waals surface area (Å²) in [7, 11) is 1.81. The zero-order valence-corrected chi connectivity index (χ0v) is 20.4. The number of thiol groups is 1. The fourth-order valence-corrected chi connectivity index (χ4v) is 4.06. The van der Waals surface area contributed by atoms with E-state index in [1.54, 1.807) is 0 Å². The second-order valence-electron chi connectivity index (χ2n) is 10.0. The van der Waals surface area contributed by atoms with Crippen LogP contribution in [0.15, 0.2) is 0 Å². The van der Waals surface area contributed by atoms with Crippen LogP contribution in [0.2, 0.25) is 0 Å². The van der Waals surface area contributed by atoms with Crippen molar-refractivity contribution in [3.8, 4) is 0 Å². The van der Waals surface area contributed by atoms with Crippen LogP contribution in [0, 0.1) is 10.8 Å². The van der Waals surface area contributed by atoms with Crippen molar-refractivity contribution in [3.63, 3.8) is 0 Å². The molecule has 8 heteroatoms. The summed E-state index contributed by atoms with van der Waals surface area (Å²) in [6, 6.07) is 0. The minimum atomic E-state index is -3.42. The third kappa shape index (κ3) is 9.94. The van der Waals surface area contributed by atoms with Gasteiger partial charge in [-0.15, -0.1) is 0 Å². The molecule has 0 aromatic heterocycles. The number of ether oxygens (including phenoxy) is 1. The molecule has 2 atom stereocenters. The van der Waals surface area contributed by atoms with Gasteiger partial charge in [0, 0.05) is 16.6 Å². The van der Waals surface area contributed by atoms with Gasteiger partial charge in [0.2, 0.25) is 0 Å². The second-order valence-corrected chi connectivity index (χ2v) is 13.1. The van der Waals surface area contributed by atoms with E-state index in [1.165, 1.54) is 7.11 Å². The molecule has 0 spiro atoms. The van der Waals surface area contributed by atoms with E-state index in [2.05, 4.69) is 37.6 Å². The van der Waals surface area contributed by atoms with Crippen molar-refractivity contribution in [1.82, 2.24) is 0 Å². The van der Waals surface area contributed by atoms with Crippen LogP contribution in [0.4, 0.5) is 0 Å². The normalized spacial score (nSPS) is 17.6. The Morgan fingerprint density at radius 3 is 2.00 bits per heavy atom. The van der Waals surface area contributed by atoms with Crippen LogP contribution < -0.4 is 0 Å². The van der Waals surface area contributed by atoms with Crippen molar-refractivity contribution in [2.24, 2.45) is 10.8 Å². The lowest BCUT2D eigenvalue weighted by Crippen LogP contribution is -2.49. The molecular formula is C19H42NO5S2+. The lowest BCUT2D eigenvalue weighted by Gasteiger charge is -2.48. The highest BCUT2D eigenvalue weighted by atomic mass is 32.2. The van der Waals surface area contributed by atoms with Crippen molar-refractivity contribution < 1.29 is 26.9 Å². The molecule has 2 unspecified atom stereocenters. The number of likely N-dealkylation sites (N-methyl/N-ethyl adjacent to an activating group) is 1. The predicted octanol–water partition coefficient (Wildman–Crippen LogP) is 2.92. The maximum Gasteiger partial charge on any atom is 0.267 e. The maximum atomic E-state index is 11.4. The molecule has 0 radical (unpaired) electrons. The number of rotatable bonds is 12. The maximum absolute atomic E-state index is 11.4. The van der Waals surface area contributed by atoms with Crippen LogP contribution in [0.3, 0.4) is 0 Å². The Balaban J connectivity index is 4.75. The molecule has 0 saturated carbocycles. The smallest absolute Gasteiger partial charge is 0.267 e. The van der Waals surface area contributed by atoms with Gasteiger partial charge < -0.3 is 14.3 Å². The number of aliphatic hydroxyl groups is 1. The summed E-state index contributed by atoms with van der Waals surface area (Å²) in [6.07, 6.45) is 0.318. The van der Waals surface area contributed by atoms with Crippen LogP contribution in [-0.2, 0) is 19.0 Å². The first-order valence-corrected chi connectivity index (χ1v) is 11.5. The van der Waals surface area contributed by atoms with E-state index in [4.69, 9.17) is 4.74 Å². The van der Waals surface area contributed by atoms with Crippen molar-refractivity contribution in [1.29, 1.82) is 0 Å². The largest absolute Gasteiger partial charge is 0.367 e. The summed E-state index contributed by atoms with van der Waals surface area (Å²) in [6.45, 7) is 14.2. The Bertz CT molecular complexity index is 549. The Morgan fingerprint density at radius 2 is 1.59 bits per heavy atom. The molecule has 0 fully saturated rings. The van der Waals surface area contributed by atoms with Crippen molar-refractivity contribution in [2.45, 2.75) is 65.4 Å². The van der Waals surface area contributed by atoms with Gasteiger partial charge in [0.1, 0.15) is 6.54 Å². The molecule has 27 heavy (non-hydrogen) atoms. The quantitative estimate of drug-likeness (QED) is 0.216. The summed E-state index contributed by atoms with van der Waals surface area (Å²) < 4.78 is 33.5. The van der Waals surface area contributed by atoms with Gasteiger partial charge in [0.05, 0.1) is 40.1 Å². The van der Waals surface area contributed by atoms with E-state index in [0.29, 0.717) is 37.0 Å². The number of aliphatic hydroxyl groups excluding tert-OH is 1. The molecule has 6 nitrogen and oxygen atoms in total. The minimum Gasteiger partial charge on any atom is -0.367 e. The van der Waals surface area contributed by atoms with Crippen LogP contribution in [-0.4, -0.2) is 75.7 Å². The molecule has 1 N–H and O–H groups in total. The molecule has 164 valence electrons. The summed E-state index contributed by atoms with van der Waals surface area (Å²) >= 11 is 4.65. The van der Waals surface area contributed by atoms with Crippen molar-refractivity contribution >= 4 is 22.7 Å². The number of quaternary nitrogens is 1. The molecule has 0 heterocycles. The van der Waals surface area contributed by atoms with Gasteiger partial charge in [-0.3, -0.25) is 4.18 Å². The van der Waals surface area contributed by atoms with Crippen LogP contribution in [0.25, 0.3) is 0 Å². The van der Waals surface area contributed by atoms with E-state index in [-0.39, 0.29) is 15.9 Å². The number of hydrogen-bond acceptors (Lipinski definition) is 6. The highest BCUT2D eigenvalue weighted by Crippen LogP contribution is 2.48. The first kappa shape index (κ1) is 27.1. The second kappa shape index (κ2) is 9.76. The molecule has 0 rings (SSSR count). The van der Waals surface area contributed by atoms with Crippen molar-refractivity contribution in [2.75, 3.05) is 46.7 Å². The van der Waals surface area contributed by atoms with E-state index in [9.17, 15) is 13.5 Å². The topological polar surface area (TPSA) is 72.8 Å². The molecule has 0 aliphatic rings. The third-order valence-electron chi connectivity index (χ3n) is 5.44. The molecular weight excluding hydrogens is 386 g/mol. The molecule has 0 amide bonds. The van der Waals surface area contributed by atoms with Crippen LogP contribution in [0.1, 0.15) is 54.4 Å². The fourth-order valence-electron chi connectivity index (χ4n) is 3.08. The number of hydrogen-bond donors (Lipinski definition) is 2. The SMILES string of the molecule is COS(=O)(=O)CCC[N+](C)(C)CCOC(O)C(C)(CC(C)(C)S)C(C)(C)C. The van der Waals surface area contributed by atoms with E-state index < -0.39 is 21.8 Å². The lowest BCUT2D eigenvalue weighted by atomic mass is 9.63. The summed E-state index contributed by atoms with van der Waals surface area (Å²) in [4.78, 5) is 0. The van der Waals surface area contributed by atoms with Gasteiger partial charge in [0.15, 0.2) is 6.29 Å². The minimum absolute atomic E-state index is 0.00772. The standard InChI is InChI=1S/C19H41NO5S2/c1-17(2,3)19(6,15-18(4,5)26)16(21)25-13-12-20(7,8)11-10-14-27(22,23)24-9/h16,21H,10-15H2,1-9H3/p+1. The average Bonchev–Trinajstić information content (AvgIpc) is 2.43. The predicted molar refractivity (Wildman–Crippen MR) is 114 cm³/mol. The molecule has 0 aliphatic heterocycles. The Kier molecular flexibility index (Phi) is 9.81. The molecule has 0 bridgehead atoms. The average molecular weight is 429 g/mol. The van der Waals surface area contributed by atoms with Crippen LogP contribution in [0.5, 0.6) is 0 Å². The summed E-state index contributed by atoms with van der Waals surface area (Å²) in [5.41, 5.74) is -0.618. The lowest BCUT2D eigenvalue weighted by molar-refractivity contribution is -0.890. The van der Waals surface area contributed by atoms with Gasteiger partial charge in [-0.1, -0.05) is 41.5 Å². The first-order valence-electron chi connectivity index (χ1n) is 9.48. The zero-order valence-electron chi connectivity index (χ0n) is 18.7. The van der Waals surface area contributed by atoms with Crippen LogP contribution >= 0.6 is 12.6 Å². The van der Waals surface area contributed by atoms with Gasteiger partial charge >= 0.3 is 0 Å². The Morgan fingerprint density at radius 1 is 1.07 bits per heavy atom.